The van der Waals surface area contributed by atoms with E-state index in [2.05, 4.69) is 70.8 Å². The summed E-state index contributed by atoms with van der Waals surface area (Å²) < 4.78 is 7.15. The van der Waals surface area contributed by atoms with Gasteiger partial charge in [-0.2, -0.15) is 0 Å². The summed E-state index contributed by atoms with van der Waals surface area (Å²) in [6, 6.07) is 15.7. The molecule has 121 valence electrons. The summed E-state index contributed by atoms with van der Waals surface area (Å²) in [7, 11) is 0. The molecule has 0 bridgehead atoms. The highest BCUT2D eigenvalue weighted by atomic mass is 127. The van der Waals surface area contributed by atoms with Gasteiger partial charge in [0, 0.05) is 10.1 Å². The molecule has 2 aromatic carbocycles. The van der Waals surface area contributed by atoms with Crippen LogP contribution in [0.25, 0.3) is 11.1 Å². The Labute approximate surface area is 153 Å². The summed E-state index contributed by atoms with van der Waals surface area (Å²) in [4.78, 5) is 2.50. The van der Waals surface area contributed by atoms with E-state index in [-0.39, 0.29) is 0 Å². The zero-order chi connectivity index (χ0) is 16.1. The van der Waals surface area contributed by atoms with Crippen molar-refractivity contribution in [1.82, 2.24) is 4.90 Å². The maximum absolute atomic E-state index is 5.90. The number of hydrogen-bond donors (Lipinski definition) is 0. The molecule has 1 radical (unpaired) electrons. The summed E-state index contributed by atoms with van der Waals surface area (Å²) in [5.74, 6) is 0.957. The van der Waals surface area contributed by atoms with Crippen molar-refractivity contribution in [3.63, 3.8) is 0 Å². The van der Waals surface area contributed by atoms with Crippen LogP contribution in [0.1, 0.15) is 24.8 Å². The average Bonchev–Trinajstić information content (AvgIpc) is 2.59. The maximum atomic E-state index is 5.90. The highest BCUT2D eigenvalue weighted by Gasteiger charge is 2.09. The molecule has 0 spiro atoms. The first-order valence-corrected chi connectivity index (χ1v) is 9.44. The van der Waals surface area contributed by atoms with Gasteiger partial charge in [-0.15, -0.1) is 0 Å². The Kier molecular flexibility index (Phi) is 5.95. The van der Waals surface area contributed by atoms with Crippen LogP contribution in [-0.2, 0) is 0 Å². The SMILES string of the molecule is Cc1c(I)c[c]cc1-c1ccc(OCCN2CCCCC2)cc1. The lowest BCUT2D eigenvalue weighted by atomic mass is 10.0. The number of benzene rings is 2. The molecular weight excluding hydrogens is 397 g/mol. The van der Waals surface area contributed by atoms with Gasteiger partial charge in [-0.25, -0.2) is 0 Å². The molecule has 0 saturated carbocycles. The molecular formula is C20H23INO. The van der Waals surface area contributed by atoms with E-state index in [0.717, 1.165) is 18.9 Å². The average molecular weight is 420 g/mol. The molecule has 3 heteroatoms. The first-order valence-electron chi connectivity index (χ1n) is 8.36. The lowest BCUT2D eigenvalue weighted by molar-refractivity contribution is 0.183. The van der Waals surface area contributed by atoms with Gasteiger partial charge in [0.05, 0.1) is 0 Å². The quantitative estimate of drug-likeness (QED) is 0.636. The summed E-state index contributed by atoms with van der Waals surface area (Å²) >= 11 is 2.36. The Morgan fingerprint density at radius 2 is 1.83 bits per heavy atom. The monoisotopic (exact) mass is 420 g/mol. The van der Waals surface area contributed by atoms with E-state index in [9.17, 15) is 0 Å². The third-order valence-corrected chi connectivity index (χ3v) is 5.61. The number of piperidine rings is 1. The van der Waals surface area contributed by atoms with Crippen molar-refractivity contribution < 1.29 is 4.74 Å². The van der Waals surface area contributed by atoms with Crippen LogP contribution >= 0.6 is 22.6 Å². The first-order chi connectivity index (χ1) is 11.2. The topological polar surface area (TPSA) is 12.5 Å². The highest BCUT2D eigenvalue weighted by molar-refractivity contribution is 14.1. The molecule has 0 N–H and O–H groups in total. The predicted molar refractivity (Wildman–Crippen MR) is 104 cm³/mol. The van der Waals surface area contributed by atoms with Gasteiger partial charge in [0.25, 0.3) is 0 Å². The Hall–Kier alpha value is -1.07. The normalized spacial score (nSPS) is 15.6. The second-order valence-corrected chi connectivity index (χ2v) is 7.28. The van der Waals surface area contributed by atoms with Crippen LogP contribution in [0.15, 0.2) is 36.4 Å². The third-order valence-electron chi connectivity index (χ3n) is 4.49. The predicted octanol–water partition coefficient (Wildman–Crippen LogP) is 4.93. The number of hydrogen-bond acceptors (Lipinski definition) is 2. The van der Waals surface area contributed by atoms with E-state index in [4.69, 9.17) is 4.74 Å². The van der Waals surface area contributed by atoms with Gasteiger partial charge in [0.2, 0.25) is 0 Å². The molecule has 0 atom stereocenters. The van der Waals surface area contributed by atoms with Crippen molar-refractivity contribution in [2.75, 3.05) is 26.2 Å². The van der Waals surface area contributed by atoms with Crippen molar-refractivity contribution in [2.24, 2.45) is 0 Å². The molecule has 3 rings (SSSR count). The summed E-state index contributed by atoms with van der Waals surface area (Å²) in [6.45, 7) is 6.42. The first kappa shape index (κ1) is 16.8. The number of halogens is 1. The van der Waals surface area contributed by atoms with Crippen LogP contribution in [-0.4, -0.2) is 31.1 Å². The molecule has 0 aliphatic carbocycles. The van der Waals surface area contributed by atoms with Crippen molar-refractivity contribution >= 4 is 22.6 Å². The van der Waals surface area contributed by atoms with E-state index >= 15 is 0 Å². The van der Waals surface area contributed by atoms with Crippen LogP contribution < -0.4 is 4.74 Å². The molecule has 2 nitrogen and oxygen atoms in total. The molecule has 1 aliphatic rings. The minimum absolute atomic E-state index is 0.773. The van der Waals surface area contributed by atoms with Gasteiger partial charge in [0.15, 0.2) is 0 Å². The number of ether oxygens (including phenoxy) is 1. The van der Waals surface area contributed by atoms with E-state index in [1.165, 1.54) is 52.6 Å². The second kappa shape index (κ2) is 8.15. The van der Waals surface area contributed by atoms with Gasteiger partial charge >= 0.3 is 0 Å². The van der Waals surface area contributed by atoms with Crippen molar-refractivity contribution in [3.8, 4) is 16.9 Å². The molecule has 23 heavy (non-hydrogen) atoms. The molecule has 0 amide bonds. The lowest BCUT2D eigenvalue weighted by Gasteiger charge is -2.26. The molecule has 1 fully saturated rings. The number of likely N-dealkylation sites (tertiary alicyclic amines) is 1. The number of rotatable bonds is 5. The van der Waals surface area contributed by atoms with Gasteiger partial charge in [0.1, 0.15) is 12.4 Å². The van der Waals surface area contributed by atoms with Crippen LogP contribution in [0.2, 0.25) is 0 Å². The summed E-state index contributed by atoms with van der Waals surface area (Å²) in [5.41, 5.74) is 3.78. The van der Waals surface area contributed by atoms with Gasteiger partial charge in [-0.05, 0) is 102 Å². The Morgan fingerprint density at radius 3 is 2.57 bits per heavy atom. The van der Waals surface area contributed by atoms with Gasteiger partial charge in [-0.3, -0.25) is 4.90 Å². The fourth-order valence-corrected chi connectivity index (χ4v) is 3.52. The zero-order valence-electron chi connectivity index (χ0n) is 13.6. The van der Waals surface area contributed by atoms with E-state index in [0.29, 0.717) is 0 Å². The summed E-state index contributed by atoms with van der Waals surface area (Å²) in [6.07, 6.45) is 4.05. The summed E-state index contributed by atoms with van der Waals surface area (Å²) in [5, 5.41) is 0. The maximum Gasteiger partial charge on any atom is 0.119 e. The van der Waals surface area contributed by atoms with Gasteiger partial charge in [-0.1, -0.05) is 18.6 Å². The Balaban J connectivity index is 1.57. The largest absolute Gasteiger partial charge is 0.492 e. The van der Waals surface area contributed by atoms with Crippen molar-refractivity contribution in [2.45, 2.75) is 26.2 Å². The molecule has 1 saturated heterocycles. The third kappa shape index (κ3) is 4.48. The highest BCUT2D eigenvalue weighted by Crippen LogP contribution is 2.27. The smallest absolute Gasteiger partial charge is 0.119 e. The van der Waals surface area contributed by atoms with Crippen molar-refractivity contribution in [3.05, 3.63) is 51.6 Å². The van der Waals surface area contributed by atoms with E-state index in [1.807, 2.05) is 6.07 Å². The van der Waals surface area contributed by atoms with Crippen LogP contribution in [0.3, 0.4) is 0 Å². The molecule has 0 unspecified atom stereocenters. The minimum Gasteiger partial charge on any atom is -0.492 e. The van der Waals surface area contributed by atoms with E-state index in [1.54, 1.807) is 0 Å². The zero-order valence-corrected chi connectivity index (χ0v) is 15.8. The fourth-order valence-electron chi connectivity index (χ4n) is 3.05. The molecule has 0 aromatic heterocycles. The Morgan fingerprint density at radius 1 is 1.09 bits per heavy atom. The van der Waals surface area contributed by atoms with Crippen LogP contribution in [0.5, 0.6) is 5.75 Å². The van der Waals surface area contributed by atoms with Crippen LogP contribution in [0.4, 0.5) is 0 Å². The standard InChI is InChI=1S/C20H23INO/c1-16-19(6-5-7-20(16)21)17-8-10-18(11-9-17)23-15-14-22-12-3-2-4-13-22/h6-11H,2-4,12-15H2,1H3. The van der Waals surface area contributed by atoms with Crippen molar-refractivity contribution in [1.29, 1.82) is 0 Å². The second-order valence-electron chi connectivity index (χ2n) is 6.12. The van der Waals surface area contributed by atoms with E-state index < -0.39 is 0 Å². The lowest BCUT2D eigenvalue weighted by Crippen LogP contribution is -2.33. The molecule has 1 heterocycles. The van der Waals surface area contributed by atoms with Crippen LogP contribution in [0, 0.1) is 16.6 Å². The fraction of sp³-hybridized carbons (Fsp3) is 0.400. The molecule has 1 aliphatic heterocycles. The Bertz CT molecular complexity index is 633. The molecule has 2 aromatic rings. The minimum atomic E-state index is 0.773. The van der Waals surface area contributed by atoms with Gasteiger partial charge < -0.3 is 4.74 Å². The number of nitrogens with zero attached hydrogens (tertiary/aromatic N) is 1.